The van der Waals surface area contributed by atoms with E-state index >= 15 is 0 Å². The molecule has 0 aliphatic heterocycles. The van der Waals surface area contributed by atoms with Crippen molar-refractivity contribution in [3.63, 3.8) is 0 Å². The summed E-state index contributed by atoms with van der Waals surface area (Å²) >= 11 is 6.13. The van der Waals surface area contributed by atoms with Gasteiger partial charge in [0.2, 0.25) is 0 Å². The lowest BCUT2D eigenvalue weighted by molar-refractivity contribution is 0.587. The molecule has 1 N–H and O–H groups in total. The third kappa shape index (κ3) is 2.96. The Kier molecular flexibility index (Phi) is 3.54. The van der Waals surface area contributed by atoms with Gasteiger partial charge in [0.1, 0.15) is 5.82 Å². The molecule has 2 aromatic carbocycles. The highest BCUT2D eigenvalue weighted by atomic mass is 35.5. The normalized spacial score (nSPS) is 14.6. The first-order chi connectivity index (χ1) is 9.24. The molecule has 0 aromatic heterocycles. The molecule has 0 bridgehead atoms. The summed E-state index contributed by atoms with van der Waals surface area (Å²) in [6.45, 7) is 0.597. The van der Waals surface area contributed by atoms with Crippen LogP contribution in [-0.2, 0) is 6.54 Å². The molecule has 0 unspecified atom stereocenters. The van der Waals surface area contributed by atoms with Crippen LogP contribution in [0, 0.1) is 5.82 Å². The molecule has 98 valence electrons. The van der Waals surface area contributed by atoms with Crippen LogP contribution in [0.3, 0.4) is 0 Å². The van der Waals surface area contributed by atoms with Crippen LogP contribution in [0.5, 0.6) is 0 Å². The molecule has 1 saturated carbocycles. The van der Waals surface area contributed by atoms with Gasteiger partial charge in [-0.1, -0.05) is 41.9 Å². The van der Waals surface area contributed by atoms with Gasteiger partial charge in [0.15, 0.2) is 0 Å². The van der Waals surface area contributed by atoms with Crippen molar-refractivity contribution in [2.45, 2.75) is 25.4 Å². The summed E-state index contributed by atoms with van der Waals surface area (Å²) < 4.78 is 14.1. The first-order valence-corrected chi connectivity index (χ1v) is 6.88. The molecule has 0 saturated heterocycles. The fraction of sp³-hybridized carbons (Fsp3) is 0.250. The van der Waals surface area contributed by atoms with Crippen LogP contribution in [0.15, 0.2) is 42.5 Å². The topological polar surface area (TPSA) is 12.0 Å². The highest BCUT2D eigenvalue weighted by molar-refractivity contribution is 6.33. The Balaban J connectivity index is 1.84. The molecule has 1 aliphatic carbocycles. The number of nitrogens with one attached hydrogen (secondary N) is 1. The molecule has 3 rings (SSSR count). The molecule has 1 aliphatic rings. The van der Waals surface area contributed by atoms with Crippen molar-refractivity contribution < 1.29 is 4.39 Å². The van der Waals surface area contributed by atoms with Gasteiger partial charge in [-0.05, 0) is 30.5 Å². The van der Waals surface area contributed by atoms with Crippen molar-refractivity contribution in [2.75, 3.05) is 0 Å². The number of rotatable bonds is 4. The summed E-state index contributed by atoms with van der Waals surface area (Å²) in [6, 6.07) is 13.4. The summed E-state index contributed by atoms with van der Waals surface area (Å²) in [6.07, 6.45) is 2.42. The standard InChI is InChI=1S/C16H15ClFN/c17-15-4-2-1-3-14(15)11-5-6-12(16(18)9-11)10-19-13-7-8-13/h1-6,9,13,19H,7-8,10H2. The molecular formula is C16H15ClFN. The van der Waals surface area contributed by atoms with Gasteiger partial charge in [0.25, 0.3) is 0 Å². The molecule has 0 radical (unpaired) electrons. The van der Waals surface area contributed by atoms with E-state index in [2.05, 4.69) is 5.32 Å². The van der Waals surface area contributed by atoms with Crippen molar-refractivity contribution in [3.05, 3.63) is 58.9 Å². The quantitative estimate of drug-likeness (QED) is 0.872. The van der Waals surface area contributed by atoms with Crippen molar-refractivity contribution in [3.8, 4) is 11.1 Å². The van der Waals surface area contributed by atoms with E-state index in [9.17, 15) is 4.39 Å². The maximum atomic E-state index is 14.1. The Bertz CT molecular complexity index is 593. The summed E-state index contributed by atoms with van der Waals surface area (Å²) in [5.74, 6) is -0.175. The molecule has 19 heavy (non-hydrogen) atoms. The predicted octanol–water partition coefficient (Wildman–Crippen LogP) is 4.40. The molecule has 0 atom stereocenters. The SMILES string of the molecule is Fc1cc(-c2ccccc2Cl)ccc1CNC1CC1. The highest BCUT2D eigenvalue weighted by Crippen LogP contribution is 2.29. The van der Waals surface area contributed by atoms with Gasteiger partial charge < -0.3 is 5.32 Å². The molecule has 0 heterocycles. The van der Waals surface area contributed by atoms with E-state index in [1.807, 2.05) is 36.4 Å². The molecule has 1 nitrogen and oxygen atoms in total. The molecular weight excluding hydrogens is 261 g/mol. The zero-order valence-electron chi connectivity index (χ0n) is 10.5. The lowest BCUT2D eigenvalue weighted by atomic mass is 10.0. The maximum absolute atomic E-state index is 14.1. The fourth-order valence-corrected chi connectivity index (χ4v) is 2.34. The largest absolute Gasteiger partial charge is 0.310 e. The van der Waals surface area contributed by atoms with Crippen LogP contribution in [0.25, 0.3) is 11.1 Å². The number of hydrogen-bond donors (Lipinski definition) is 1. The second-order valence-electron chi connectivity index (χ2n) is 4.94. The minimum absolute atomic E-state index is 0.175. The Morgan fingerprint density at radius 1 is 1.16 bits per heavy atom. The minimum atomic E-state index is -0.175. The van der Waals surface area contributed by atoms with Gasteiger partial charge in [-0.15, -0.1) is 0 Å². The van der Waals surface area contributed by atoms with E-state index in [4.69, 9.17) is 11.6 Å². The van der Waals surface area contributed by atoms with E-state index in [1.165, 1.54) is 12.8 Å². The third-order valence-electron chi connectivity index (χ3n) is 3.40. The van der Waals surface area contributed by atoms with Crippen LogP contribution in [-0.4, -0.2) is 6.04 Å². The van der Waals surface area contributed by atoms with Gasteiger partial charge in [-0.25, -0.2) is 4.39 Å². The van der Waals surface area contributed by atoms with Crippen LogP contribution in [0.4, 0.5) is 4.39 Å². The Morgan fingerprint density at radius 3 is 2.63 bits per heavy atom. The van der Waals surface area contributed by atoms with Crippen molar-refractivity contribution in [2.24, 2.45) is 0 Å². The molecule has 2 aromatic rings. The van der Waals surface area contributed by atoms with Crippen molar-refractivity contribution in [1.29, 1.82) is 0 Å². The van der Waals surface area contributed by atoms with Gasteiger partial charge in [0.05, 0.1) is 0 Å². The van der Waals surface area contributed by atoms with E-state index in [1.54, 1.807) is 6.07 Å². The van der Waals surface area contributed by atoms with Gasteiger partial charge in [0, 0.05) is 28.7 Å². The number of hydrogen-bond acceptors (Lipinski definition) is 1. The third-order valence-corrected chi connectivity index (χ3v) is 3.73. The minimum Gasteiger partial charge on any atom is -0.310 e. The van der Waals surface area contributed by atoms with Crippen LogP contribution in [0.1, 0.15) is 18.4 Å². The molecule has 3 heteroatoms. The Hall–Kier alpha value is -1.38. The molecule has 1 fully saturated rings. The Morgan fingerprint density at radius 2 is 1.95 bits per heavy atom. The van der Waals surface area contributed by atoms with Gasteiger partial charge in [-0.2, -0.15) is 0 Å². The molecule has 0 spiro atoms. The van der Waals surface area contributed by atoms with Gasteiger partial charge in [-0.3, -0.25) is 0 Å². The van der Waals surface area contributed by atoms with E-state index in [-0.39, 0.29) is 5.82 Å². The smallest absolute Gasteiger partial charge is 0.128 e. The lowest BCUT2D eigenvalue weighted by Crippen LogP contribution is -2.16. The summed E-state index contributed by atoms with van der Waals surface area (Å²) in [5.41, 5.74) is 2.39. The zero-order chi connectivity index (χ0) is 13.2. The van der Waals surface area contributed by atoms with Crippen LogP contribution in [0.2, 0.25) is 5.02 Å². The second-order valence-corrected chi connectivity index (χ2v) is 5.35. The lowest BCUT2D eigenvalue weighted by Gasteiger charge is -2.08. The zero-order valence-corrected chi connectivity index (χ0v) is 11.3. The van der Waals surface area contributed by atoms with E-state index in [0.29, 0.717) is 23.2 Å². The van der Waals surface area contributed by atoms with Gasteiger partial charge >= 0.3 is 0 Å². The van der Waals surface area contributed by atoms with E-state index < -0.39 is 0 Å². The first-order valence-electron chi connectivity index (χ1n) is 6.51. The average molecular weight is 276 g/mol. The van der Waals surface area contributed by atoms with Crippen LogP contribution < -0.4 is 5.32 Å². The second kappa shape index (κ2) is 5.32. The van der Waals surface area contributed by atoms with Crippen molar-refractivity contribution >= 4 is 11.6 Å². The Labute approximate surface area is 117 Å². The van der Waals surface area contributed by atoms with Crippen LogP contribution >= 0.6 is 11.6 Å². The fourth-order valence-electron chi connectivity index (χ4n) is 2.10. The average Bonchev–Trinajstić information content (AvgIpc) is 3.22. The highest BCUT2D eigenvalue weighted by Gasteiger charge is 2.20. The first kappa shape index (κ1) is 12.6. The number of halogens is 2. The summed E-state index contributed by atoms with van der Waals surface area (Å²) in [4.78, 5) is 0. The number of benzene rings is 2. The monoisotopic (exact) mass is 275 g/mol. The predicted molar refractivity (Wildman–Crippen MR) is 76.7 cm³/mol. The summed E-state index contributed by atoms with van der Waals surface area (Å²) in [7, 11) is 0. The maximum Gasteiger partial charge on any atom is 0.128 e. The van der Waals surface area contributed by atoms with E-state index in [0.717, 1.165) is 11.1 Å². The summed E-state index contributed by atoms with van der Waals surface area (Å²) in [5, 5.41) is 3.96. The molecule has 0 amide bonds. The van der Waals surface area contributed by atoms with Crippen molar-refractivity contribution in [1.82, 2.24) is 5.32 Å².